The first kappa shape index (κ1) is 10.9. The van der Waals surface area contributed by atoms with Crippen LogP contribution in [0.25, 0.3) is 0 Å². The van der Waals surface area contributed by atoms with E-state index in [9.17, 15) is 4.79 Å². The maximum absolute atomic E-state index is 12.1. The zero-order chi connectivity index (χ0) is 10.9. The number of nitrogens with two attached hydrogens (primary N) is 1. The first-order valence-electron chi connectivity index (χ1n) is 5.74. The van der Waals surface area contributed by atoms with Gasteiger partial charge < -0.3 is 15.4 Å². The predicted octanol–water partition coefficient (Wildman–Crippen LogP) is 0.363. The fourth-order valence-electron chi connectivity index (χ4n) is 2.10. The number of hydrogen-bond donors (Lipinski definition) is 1. The van der Waals surface area contributed by atoms with Gasteiger partial charge in [-0.2, -0.15) is 0 Å². The van der Waals surface area contributed by atoms with Gasteiger partial charge in [-0.1, -0.05) is 0 Å². The number of carbonyl (C=O) groups excluding carboxylic acids is 1. The summed E-state index contributed by atoms with van der Waals surface area (Å²) in [5, 5.41) is 0. The van der Waals surface area contributed by atoms with E-state index >= 15 is 0 Å². The highest BCUT2D eigenvalue weighted by atomic mass is 16.5. The summed E-state index contributed by atoms with van der Waals surface area (Å²) in [7, 11) is 1.87. The molecule has 0 aromatic carbocycles. The lowest BCUT2D eigenvalue weighted by Gasteiger charge is -2.35. The Bertz CT molecular complexity index is 245. The molecule has 1 aliphatic heterocycles. The molecule has 4 nitrogen and oxygen atoms in total. The lowest BCUT2D eigenvalue weighted by molar-refractivity contribution is -0.139. The molecule has 0 aromatic rings. The maximum Gasteiger partial charge on any atom is 0.242 e. The maximum atomic E-state index is 12.1. The van der Waals surface area contributed by atoms with Gasteiger partial charge in [-0.05, 0) is 31.6 Å². The summed E-state index contributed by atoms with van der Waals surface area (Å²) in [5.74, 6) is 0.820. The molecular weight excluding hydrogens is 192 g/mol. The first-order valence-corrected chi connectivity index (χ1v) is 5.74. The molecule has 0 radical (unpaired) electrons. The van der Waals surface area contributed by atoms with E-state index in [-0.39, 0.29) is 5.91 Å². The fourth-order valence-corrected chi connectivity index (χ4v) is 2.10. The summed E-state index contributed by atoms with van der Waals surface area (Å²) in [4.78, 5) is 13.9. The van der Waals surface area contributed by atoms with E-state index in [0.29, 0.717) is 26.1 Å². The van der Waals surface area contributed by atoms with Gasteiger partial charge in [0.05, 0.1) is 5.54 Å². The van der Waals surface area contributed by atoms with Crippen LogP contribution >= 0.6 is 0 Å². The van der Waals surface area contributed by atoms with E-state index in [1.54, 1.807) is 0 Å². The molecule has 1 amide bonds. The van der Waals surface area contributed by atoms with E-state index in [1.165, 1.54) is 12.8 Å². The minimum absolute atomic E-state index is 0.0951. The van der Waals surface area contributed by atoms with Gasteiger partial charge in [-0.3, -0.25) is 4.79 Å². The Kier molecular flexibility index (Phi) is 2.98. The number of ether oxygens (including phenoxy) is 1. The summed E-state index contributed by atoms with van der Waals surface area (Å²) in [6.45, 7) is 2.09. The molecule has 1 heterocycles. The normalized spacial score (nSPS) is 24.9. The van der Waals surface area contributed by atoms with Crippen LogP contribution in [0.4, 0.5) is 0 Å². The van der Waals surface area contributed by atoms with Crippen molar-refractivity contribution in [2.24, 2.45) is 11.7 Å². The molecule has 1 saturated carbocycles. The van der Waals surface area contributed by atoms with Crippen molar-refractivity contribution in [3.05, 3.63) is 0 Å². The van der Waals surface area contributed by atoms with E-state index in [4.69, 9.17) is 10.5 Å². The van der Waals surface area contributed by atoms with Gasteiger partial charge in [0, 0.05) is 26.8 Å². The summed E-state index contributed by atoms with van der Waals surface area (Å²) >= 11 is 0. The van der Waals surface area contributed by atoms with Gasteiger partial charge in [0.25, 0.3) is 0 Å². The second kappa shape index (κ2) is 4.10. The van der Waals surface area contributed by atoms with E-state index in [0.717, 1.165) is 12.5 Å². The van der Waals surface area contributed by atoms with Crippen LogP contribution in [0.5, 0.6) is 0 Å². The van der Waals surface area contributed by atoms with Crippen molar-refractivity contribution in [1.82, 2.24) is 4.90 Å². The van der Waals surface area contributed by atoms with Crippen LogP contribution in [-0.2, 0) is 9.53 Å². The molecule has 4 heteroatoms. The van der Waals surface area contributed by atoms with E-state index in [1.807, 2.05) is 11.9 Å². The minimum Gasteiger partial charge on any atom is -0.381 e. The van der Waals surface area contributed by atoms with Crippen LogP contribution in [0.3, 0.4) is 0 Å². The SMILES string of the molecule is CN(CC1CC1)C(=O)C1(N)CCOCC1. The Morgan fingerprint density at radius 1 is 1.47 bits per heavy atom. The predicted molar refractivity (Wildman–Crippen MR) is 57.3 cm³/mol. The van der Waals surface area contributed by atoms with Crippen LogP contribution in [0.1, 0.15) is 25.7 Å². The summed E-state index contributed by atoms with van der Waals surface area (Å²) in [6, 6.07) is 0. The number of likely N-dealkylation sites (N-methyl/N-ethyl adjacent to an activating group) is 1. The Labute approximate surface area is 90.8 Å². The molecule has 2 fully saturated rings. The van der Waals surface area contributed by atoms with E-state index < -0.39 is 5.54 Å². The molecule has 2 N–H and O–H groups in total. The number of nitrogens with zero attached hydrogens (tertiary/aromatic N) is 1. The van der Waals surface area contributed by atoms with Crippen LogP contribution in [0.2, 0.25) is 0 Å². The zero-order valence-corrected chi connectivity index (χ0v) is 9.37. The Balaban J connectivity index is 1.91. The smallest absolute Gasteiger partial charge is 0.242 e. The molecule has 0 aromatic heterocycles. The molecule has 2 rings (SSSR count). The molecular formula is C11H20N2O2. The Morgan fingerprint density at radius 3 is 2.60 bits per heavy atom. The minimum atomic E-state index is -0.665. The molecule has 86 valence electrons. The van der Waals surface area contributed by atoms with Gasteiger partial charge >= 0.3 is 0 Å². The molecule has 0 bridgehead atoms. The van der Waals surface area contributed by atoms with Gasteiger partial charge in [0.1, 0.15) is 0 Å². The van der Waals surface area contributed by atoms with Crippen molar-refractivity contribution in [3.63, 3.8) is 0 Å². The van der Waals surface area contributed by atoms with Crippen molar-refractivity contribution in [3.8, 4) is 0 Å². The molecule has 1 saturated heterocycles. The van der Waals surface area contributed by atoms with Crippen molar-refractivity contribution in [2.75, 3.05) is 26.8 Å². The van der Waals surface area contributed by atoms with Crippen LogP contribution in [-0.4, -0.2) is 43.2 Å². The largest absolute Gasteiger partial charge is 0.381 e. The average molecular weight is 212 g/mol. The molecule has 1 aliphatic carbocycles. The average Bonchev–Trinajstić information content (AvgIpc) is 3.01. The zero-order valence-electron chi connectivity index (χ0n) is 9.37. The van der Waals surface area contributed by atoms with Gasteiger partial charge in [-0.15, -0.1) is 0 Å². The first-order chi connectivity index (χ1) is 7.12. The third-order valence-corrected chi connectivity index (χ3v) is 3.39. The van der Waals surface area contributed by atoms with Gasteiger partial charge in [0.15, 0.2) is 0 Å². The number of rotatable bonds is 3. The van der Waals surface area contributed by atoms with Crippen LogP contribution in [0, 0.1) is 5.92 Å². The monoisotopic (exact) mass is 212 g/mol. The van der Waals surface area contributed by atoms with Crippen LogP contribution in [0.15, 0.2) is 0 Å². The summed E-state index contributed by atoms with van der Waals surface area (Å²) < 4.78 is 5.24. The van der Waals surface area contributed by atoms with E-state index in [2.05, 4.69) is 0 Å². The third-order valence-electron chi connectivity index (χ3n) is 3.39. The Morgan fingerprint density at radius 2 is 2.07 bits per heavy atom. The highest BCUT2D eigenvalue weighted by Crippen LogP contribution is 2.30. The van der Waals surface area contributed by atoms with Gasteiger partial charge in [-0.25, -0.2) is 0 Å². The molecule has 0 unspecified atom stereocenters. The summed E-state index contributed by atoms with van der Waals surface area (Å²) in [5.41, 5.74) is 5.46. The molecule has 2 aliphatic rings. The fraction of sp³-hybridized carbons (Fsp3) is 0.909. The number of carbonyl (C=O) groups is 1. The van der Waals surface area contributed by atoms with Gasteiger partial charge in [0.2, 0.25) is 5.91 Å². The molecule has 0 atom stereocenters. The standard InChI is InChI=1S/C11H20N2O2/c1-13(8-9-2-3-9)10(14)11(12)4-6-15-7-5-11/h9H,2-8,12H2,1H3. The molecule has 15 heavy (non-hydrogen) atoms. The van der Waals surface area contributed by atoms with Crippen LogP contribution < -0.4 is 5.73 Å². The van der Waals surface area contributed by atoms with Crippen molar-refractivity contribution in [2.45, 2.75) is 31.2 Å². The quantitative estimate of drug-likeness (QED) is 0.735. The lowest BCUT2D eigenvalue weighted by atomic mass is 9.90. The second-order valence-corrected chi connectivity index (χ2v) is 4.90. The lowest BCUT2D eigenvalue weighted by Crippen LogP contribution is -2.57. The summed E-state index contributed by atoms with van der Waals surface area (Å²) in [6.07, 6.45) is 3.83. The highest BCUT2D eigenvalue weighted by Gasteiger charge is 2.39. The van der Waals surface area contributed by atoms with Crippen molar-refractivity contribution >= 4 is 5.91 Å². The second-order valence-electron chi connectivity index (χ2n) is 4.90. The topological polar surface area (TPSA) is 55.6 Å². The number of amides is 1. The number of hydrogen-bond acceptors (Lipinski definition) is 3. The Hall–Kier alpha value is -0.610. The van der Waals surface area contributed by atoms with Crippen molar-refractivity contribution in [1.29, 1.82) is 0 Å². The molecule has 0 spiro atoms. The highest BCUT2D eigenvalue weighted by molar-refractivity contribution is 5.86. The third kappa shape index (κ3) is 2.49. The van der Waals surface area contributed by atoms with Crippen molar-refractivity contribution < 1.29 is 9.53 Å².